The van der Waals surface area contributed by atoms with Crippen LogP contribution in [0.4, 0.5) is 0 Å². The molecule has 176 valence electrons. The molecule has 0 spiro atoms. The molecule has 1 saturated heterocycles. The summed E-state index contributed by atoms with van der Waals surface area (Å²) in [5.74, 6) is 0.123. The number of aromatic amines is 1. The maximum atomic E-state index is 13.2. The second kappa shape index (κ2) is 9.33. The minimum Gasteiger partial charge on any atom is -0.361 e. The number of hydrogen-bond donors (Lipinski definition) is 1. The quantitative estimate of drug-likeness (QED) is 0.653. The van der Waals surface area contributed by atoms with E-state index in [1.165, 1.54) is 5.56 Å². The predicted molar refractivity (Wildman–Crippen MR) is 130 cm³/mol. The van der Waals surface area contributed by atoms with Crippen LogP contribution in [0.5, 0.6) is 0 Å². The molecule has 3 heterocycles. The van der Waals surface area contributed by atoms with Gasteiger partial charge in [0.25, 0.3) is 0 Å². The fourth-order valence-corrected chi connectivity index (χ4v) is 5.30. The van der Waals surface area contributed by atoms with Crippen molar-refractivity contribution in [2.45, 2.75) is 32.2 Å². The highest BCUT2D eigenvalue weighted by molar-refractivity contribution is 5.89. The topological polar surface area (TPSA) is 76.7 Å². The van der Waals surface area contributed by atoms with Crippen LogP contribution in [0.1, 0.15) is 36.1 Å². The van der Waals surface area contributed by atoms with Gasteiger partial charge in [-0.15, -0.1) is 0 Å². The Balaban J connectivity index is 1.20. The third-order valence-corrected chi connectivity index (χ3v) is 7.19. The van der Waals surface area contributed by atoms with Gasteiger partial charge in [0, 0.05) is 56.7 Å². The first kappa shape index (κ1) is 22.2. The van der Waals surface area contributed by atoms with Gasteiger partial charge in [-0.05, 0) is 29.2 Å². The Morgan fingerprint density at radius 1 is 0.882 bits per heavy atom. The number of fused-ring (bicyclic) bond motifs is 2. The molecular weight excluding hydrogens is 428 g/mol. The normalized spacial score (nSPS) is 18.1. The first-order valence-electron chi connectivity index (χ1n) is 12.0. The van der Waals surface area contributed by atoms with Crippen molar-refractivity contribution in [1.29, 1.82) is 0 Å². The number of carbonyl (C=O) groups excluding carboxylic acids is 3. The largest absolute Gasteiger partial charge is 0.361 e. The zero-order chi connectivity index (χ0) is 23.7. The summed E-state index contributed by atoms with van der Waals surface area (Å²) in [5.41, 5.74) is 4.32. The number of nitrogens with one attached hydrogen (secondary N) is 1. The zero-order valence-corrected chi connectivity index (χ0v) is 19.5. The lowest BCUT2D eigenvalue weighted by molar-refractivity contribution is -0.141. The van der Waals surface area contributed by atoms with Gasteiger partial charge < -0.3 is 19.7 Å². The lowest BCUT2D eigenvalue weighted by atomic mass is 9.90. The van der Waals surface area contributed by atoms with E-state index in [0.29, 0.717) is 39.1 Å². The summed E-state index contributed by atoms with van der Waals surface area (Å²) in [6.07, 6.45) is 3.35. The van der Waals surface area contributed by atoms with Crippen LogP contribution in [-0.4, -0.2) is 70.1 Å². The number of para-hydroxylation sites is 1. The molecule has 2 aliphatic heterocycles. The van der Waals surface area contributed by atoms with Crippen molar-refractivity contribution in [3.8, 4) is 0 Å². The van der Waals surface area contributed by atoms with Gasteiger partial charge in [0.1, 0.15) is 0 Å². The Bertz CT molecular complexity index is 1230. The van der Waals surface area contributed by atoms with Crippen LogP contribution >= 0.6 is 0 Å². The Labute approximate surface area is 199 Å². The third kappa shape index (κ3) is 4.30. The maximum Gasteiger partial charge on any atom is 0.227 e. The first-order valence-corrected chi connectivity index (χ1v) is 12.0. The first-order chi connectivity index (χ1) is 16.5. The van der Waals surface area contributed by atoms with E-state index < -0.39 is 0 Å². The molecule has 7 heteroatoms. The molecule has 3 amide bonds. The summed E-state index contributed by atoms with van der Waals surface area (Å²) >= 11 is 0. The maximum absolute atomic E-state index is 13.2. The number of H-pyrrole nitrogens is 1. The number of piperazine rings is 1. The van der Waals surface area contributed by atoms with Crippen molar-refractivity contribution >= 4 is 28.6 Å². The summed E-state index contributed by atoms with van der Waals surface area (Å²) in [6.45, 7) is 4.32. The van der Waals surface area contributed by atoms with Crippen molar-refractivity contribution in [2.75, 3.05) is 32.7 Å². The summed E-state index contributed by atoms with van der Waals surface area (Å²) < 4.78 is 0. The number of amides is 3. The molecule has 34 heavy (non-hydrogen) atoms. The van der Waals surface area contributed by atoms with Gasteiger partial charge in [0.05, 0.1) is 18.9 Å². The predicted octanol–water partition coefficient (Wildman–Crippen LogP) is 2.92. The summed E-state index contributed by atoms with van der Waals surface area (Å²) in [7, 11) is 0. The molecule has 1 N–H and O–H groups in total. The highest BCUT2D eigenvalue weighted by Gasteiger charge is 2.33. The molecule has 1 unspecified atom stereocenters. The number of benzene rings is 2. The molecule has 3 aromatic rings. The van der Waals surface area contributed by atoms with E-state index in [1.54, 1.807) is 6.92 Å². The lowest BCUT2D eigenvalue weighted by Crippen LogP contribution is -2.51. The Kier molecular flexibility index (Phi) is 6.09. The van der Waals surface area contributed by atoms with Gasteiger partial charge in [-0.1, -0.05) is 42.5 Å². The monoisotopic (exact) mass is 458 g/mol. The van der Waals surface area contributed by atoms with Gasteiger partial charge in [-0.25, -0.2) is 0 Å². The van der Waals surface area contributed by atoms with E-state index in [4.69, 9.17) is 0 Å². The van der Waals surface area contributed by atoms with Crippen LogP contribution in [0.3, 0.4) is 0 Å². The molecule has 1 atom stereocenters. The molecule has 0 aliphatic carbocycles. The number of carbonyl (C=O) groups is 3. The minimum absolute atomic E-state index is 0.000000135. The van der Waals surface area contributed by atoms with Crippen molar-refractivity contribution in [3.63, 3.8) is 0 Å². The molecule has 5 rings (SSSR count). The number of rotatable bonds is 4. The van der Waals surface area contributed by atoms with E-state index >= 15 is 0 Å². The van der Waals surface area contributed by atoms with Crippen LogP contribution in [0.15, 0.2) is 54.7 Å². The van der Waals surface area contributed by atoms with Crippen molar-refractivity contribution in [1.82, 2.24) is 19.7 Å². The highest BCUT2D eigenvalue weighted by atomic mass is 16.2. The summed E-state index contributed by atoms with van der Waals surface area (Å²) in [6, 6.07) is 15.9. The van der Waals surface area contributed by atoms with Gasteiger partial charge in [-0.2, -0.15) is 0 Å². The molecule has 0 radical (unpaired) electrons. The molecule has 7 nitrogen and oxygen atoms in total. The fourth-order valence-electron chi connectivity index (χ4n) is 5.30. The van der Waals surface area contributed by atoms with Gasteiger partial charge in [0.2, 0.25) is 17.7 Å². The fraction of sp³-hybridized carbons (Fsp3) is 0.370. The summed E-state index contributed by atoms with van der Waals surface area (Å²) in [5, 5.41) is 1.08. The molecular formula is C27H30N4O3. The van der Waals surface area contributed by atoms with E-state index in [0.717, 1.165) is 28.5 Å². The van der Waals surface area contributed by atoms with Crippen molar-refractivity contribution < 1.29 is 14.4 Å². The van der Waals surface area contributed by atoms with E-state index in [9.17, 15) is 14.4 Å². The molecule has 2 aliphatic rings. The van der Waals surface area contributed by atoms with E-state index in [1.807, 2.05) is 63.4 Å². The third-order valence-electron chi connectivity index (χ3n) is 7.19. The number of nitrogens with zero attached hydrogens (tertiary/aromatic N) is 3. The highest BCUT2D eigenvalue weighted by Crippen LogP contribution is 2.33. The second-order valence-electron chi connectivity index (χ2n) is 9.18. The molecule has 0 bridgehead atoms. The zero-order valence-electron chi connectivity index (χ0n) is 19.5. The van der Waals surface area contributed by atoms with E-state index in [-0.39, 0.29) is 30.2 Å². The van der Waals surface area contributed by atoms with Gasteiger partial charge >= 0.3 is 0 Å². The average molecular weight is 459 g/mol. The number of aromatic nitrogens is 1. The molecule has 0 saturated carbocycles. The SMILES string of the molecule is CC(=O)N1CCc2ccccc2C1CC(=O)N1CCN(C(=O)Cc2c[nH]c3ccccc23)CC1. The second-order valence-corrected chi connectivity index (χ2v) is 9.18. The van der Waals surface area contributed by atoms with Crippen molar-refractivity contribution in [2.24, 2.45) is 0 Å². The Morgan fingerprint density at radius 2 is 1.56 bits per heavy atom. The summed E-state index contributed by atoms with van der Waals surface area (Å²) in [4.78, 5) is 47.1. The standard InChI is InChI=1S/C27H30N4O3/c1-19(32)31-11-10-20-6-2-3-8-23(20)25(31)17-27(34)30-14-12-29(13-15-30)26(33)16-21-18-28-24-9-5-4-7-22(21)24/h2-9,18,25,28H,10-17H2,1H3. The van der Waals surface area contributed by atoms with Crippen LogP contribution in [0.2, 0.25) is 0 Å². The smallest absolute Gasteiger partial charge is 0.227 e. The molecule has 1 aromatic heterocycles. The van der Waals surface area contributed by atoms with Crippen LogP contribution in [0.25, 0.3) is 10.9 Å². The lowest BCUT2D eigenvalue weighted by Gasteiger charge is -2.39. The van der Waals surface area contributed by atoms with Crippen LogP contribution < -0.4 is 0 Å². The average Bonchev–Trinajstić information content (AvgIpc) is 3.27. The Hall–Kier alpha value is -3.61. The molecule has 2 aromatic carbocycles. The number of hydrogen-bond acceptors (Lipinski definition) is 3. The van der Waals surface area contributed by atoms with Gasteiger partial charge in [-0.3, -0.25) is 14.4 Å². The van der Waals surface area contributed by atoms with E-state index in [2.05, 4.69) is 11.1 Å². The Morgan fingerprint density at radius 3 is 2.32 bits per heavy atom. The molecule has 1 fully saturated rings. The minimum atomic E-state index is -0.225. The van der Waals surface area contributed by atoms with Crippen molar-refractivity contribution in [3.05, 3.63) is 71.4 Å². The van der Waals surface area contributed by atoms with Gasteiger partial charge in [0.15, 0.2) is 0 Å². The van der Waals surface area contributed by atoms with Crippen LogP contribution in [0, 0.1) is 0 Å². The van der Waals surface area contributed by atoms with Crippen LogP contribution in [-0.2, 0) is 27.2 Å².